The van der Waals surface area contributed by atoms with Gasteiger partial charge in [-0.15, -0.1) is 0 Å². The lowest BCUT2D eigenvalue weighted by atomic mass is 10.00. The number of rotatable bonds is 5. The van der Waals surface area contributed by atoms with Gasteiger partial charge in [0.15, 0.2) is 0 Å². The monoisotopic (exact) mass is 382 g/mol. The molecule has 0 radical (unpaired) electrons. The van der Waals surface area contributed by atoms with Crippen LogP contribution in [0.5, 0.6) is 0 Å². The Balaban J connectivity index is 1.83. The third kappa shape index (κ3) is 4.87. The fourth-order valence-corrected chi connectivity index (χ4v) is 3.18. The minimum Gasteiger partial charge on any atom is -0.205 e. The van der Waals surface area contributed by atoms with Crippen molar-refractivity contribution in [3.8, 4) is 11.8 Å². The molecule has 0 bridgehead atoms. The Labute approximate surface area is 164 Å². The largest absolute Gasteiger partial charge is 0.205 e. The first-order chi connectivity index (χ1) is 13.1. The highest BCUT2D eigenvalue weighted by Gasteiger charge is 2.07. The lowest BCUT2D eigenvalue weighted by Gasteiger charge is -2.06. The van der Waals surface area contributed by atoms with Crippen molar-refractivity contribution in [1.82, 2.24) is 0 Å². The molecule has 3 heteroatoms. The number of fused-ring (bicyclic) bond motifs is 1. The van der Waals surface area contributed by atoms with Crippen LogP contribution in [0.25, 0.3) is 10.8 Å². The molecule has 3 aromatic rings. The van der Waals surface area contributed by atoms with Gasteiger partial charge in [-0.3, -0.25) is 0 Å². The van der Waals surface area contributed by atoms with Gasteiger partial charge in [0.1, 0.15) is 11.6 Å². The van der Waals surface area contributed by atoms with Crippen molar-refractivity contribution < 1.29 is 8.78 Å². The Kier molecular flexibility index (Phi) is 6.48. The number of hydrogen-bond donors (Lipinski definition) is 0. The number of halogens is 3. The highest BCUT2D eigenvalue weighted by molar-refractivity contribution is 6.30. The molecule has 0 aromatic heterocycles. The Morgan fingerprint density at radius 2 is 1.74 bits per heavy atom. The van der Waals surface area contributed by atoms with E-state index in [1.165, 1.54) is 37.0 Å². The van der Waals surface area contributed by atoms with Gasteiger partial charge in [0.2, 0.25) is 0 Å². The molecule has 0 saturated carbocycles. The van der Waals surface area contributed by atoms with Gasteiger partial charge in [-0.1, -0.05) is 73.9 Å². The lowest BCUT2D eigenvalue weighted by molar-refractivity contribution is 0.628. The molecule has 0 aliphatic rings. The lowest BCUT2D eigenvalue weighted by Crippen LogP contribution is -1.90. The number of unbranched alkanes of at least 4 members (excludes halogenated alkanes) is 3. The molecular formula is C24H21ClF2. The maximum atomic E-state index is 14.8. The van der Waals surface area contributed by atoms with E-state index in [0.29, 0.717) is 16.5 Å². The van der Waals surface area contributed by atoms with Gasteiger partial charge in [0.25, 0.3) is 0 Å². The zero-order valence-electron chi connectivity index (χ0n) is 15.3. The van der Waals surface area contributed by atoms with Gasteiger partial charge in [0.05, 0.1) is 10.6 Å². The Morgan fingerprint density at radius 3 is 2.52 bits per heavy atom. The van der Waals surface area contributed by atoms with Crippen molar-refractivity contribution in [2.24, 2.45) is 0 Å². The van der Waals surface area contributed by atoms with E-state index in [2.05, 4.69) is 24.8 Å². The van der Waals surface area contributed by atoms with Gasteiger partial charge < -0.3 is 0 Å². The second kappa shape index (κ2) is 9.02. The summed E-state index contributed by atoms with van der Waals surface area (Å²) in [4.78, 5) is 0. The number of aryl methyl sites for hydroxylation is 1. The van der Waals surface area contributed by atoms with Crippen molar-refractivity contribution in [2.75, 3.05) is 0 Å². The Morgan fingerprint density at radius 1 is 0.889 bits per heavy atom. The maximum Gasteiger partial charge on any atom is 0.146 e. The molecule has 0 nitrogen and oxygen atoms in total. The van der Waals surface area contributed by atoms with E-state index in [0.717, 1.165) is 18.2 Å². The summed E-state index contributed by atoms with van der Waals surface area (Å²) in [5.41, 5.74) is 1.99. The highest BCUT2D eigenvalue weighted by atomic mass is 35.5. The van der Waals surface area contributed by atoms with Crippen LogP contribution in [0.4, 0.5) is 8.78 Å². The van der Waals surface area contributed by atoms with Crippen molar-refractivity contribution in [3.63, 3.8) is 0 Å². The van der Waals surface area contributed by atoms with Crippen molar-refractivity contribution >= 4 is 22.4 Å². The van der Waals surface area contributed by atoms with E-state index >= 15 is 0 Å². The van der Waals surface area contributed by atoms with E-state index in [1.54, 1.807) is 12.1 Å². The van der Waals surface area contributed by atoms with E-state index < -0.39 is 5.82 Å². The van der Waals surface area contributed by atoms with Gasteiger partial charge in [-0.25, -0.2) is 8.78 Å². The van der Waals surface area contributed by atoms with Crippen LogP contribution < -0.4 is 0 Å². The van der Waals surface area contributed by atoms with Gasteiger partial charge >= 0.3 is 0 Å². The van der Waals surface area contributed by atoms with Crippen LogP contribution in [-0.4, -0.2) is 0 Å². The Bertz CT molecular complexity index is 1010. The predicted molar refractivity (Wildman–Crippen MR) is 109 cm³/mol. The standard InChI is InChI=1S/C24H21ClF2/c1-2-3-4-5-6-17-8-13-21-20(15-17)12-11-19(24(21)27)10-7-18-9-14-22(25)23(26)16-18/h8-9,11-16H,2-6H2,1H3. The average molecular weight is 383 g/mol. The van der Waals surface area contributed by atoms with Crippen LogP contribution in [0.15, 0.2) is 48.5 Å². The second-order valence-corrected chi connectivity index (χ2v) is 7.08. The zero-order chi connectivity index (χ0) is 19.2. The summed E-state index contributed by atoms with van der Waals surface area (Å²) in [7, 11) is 0. The second-order valence-electron chi connectivity index (χ2n) is 6.67. The topological polar surface area (TPSA) is 0 Å². The molecule has 0 amide bonds. The minimum absolute atomic E-state index is 0.0444. The van der Waals surface area contributed by atoms with E-state index in [9.17, 15) is 8.78 Å². The molecule has 0 fully saturated rings. The van der Waals surface area contributed by atoms with Crippen LogP contribution in [0, 0.1) is 23.5 Å². The summed E-state index contributed by atoms with van der Waals surface area (Å²) in [5, 5.41) is 1.48. The van der Waals surface area contributed by atoms with Crippen LogP contribution >= 0.6 is 11.6 Å². The first-order valence-electron chi connectivity index (χ1n) is 9.26. The molecule has 0 heterocycles. The van der Waals surface area contributed by atoms with Crippen molar-refractivity contribution in [1.29, 1.82) is 0 Å². The third-order valence-corrected chi connectivity index (χ3v) is 4.91. The molecule has 0 aliphatic heterocycles. The summed E-state index contributed by atoms with van der Waals surface area (Å²) in [6.45, 7) is 2.20. The first kappa shape index (κ1) is 19.4. The average Bonchev–Trinajstić information content (AvgIpc) is 2.67. The van der Waals surface area contributed by atoms with Crippen molar-refractivity contribution in [3.05, 3.63) is 81.9 Å². The molecule has 0 aliphatic carbocycles. The van der Waals surface area contributed by atoms with Crippen LogP contribution in [-0.2, 0) is 6.42 Å². The SMILES string of the molecule is CCCCCCc1ccc2c(F)c(C#Cc3ccc(Cl)c(F)c3)ccc2c1. The maximum absolute atomic E-state index is 14.8. The Hall–Kier alpha value is -2.37. The molecule has 0 spiro atoms. The molecule has 0 N–H and O–H groups in total. The fourth-order valence-electron chi connectivity index (χ4n) is 3.06. The van der Waals surface area contributed by atoms with E-state index in [-0.39, 0.29) is 10.8 Å². The molecule has 0 saturated heterocycles. The number of hydrogen-bond acceptors (Lipinski definition) is 0. The molecule has 3 rings (SSSR count). The molecular weight excluding hydrogens is 362 g/mol. The molecule has 27 heavy (non-hydrogen) atoms. The third-order valence-electron chi connectivity index (χ3n) is 4.60. The number of benzene rings is 3. The summed E-state index contributed by atoms with van der Waals surface area (Å²) in [6.07, 6.45) is 5.87. The summed E-state index contributed by atoms with van der Waals surface area (Å²) < 4.78 is 28.3. The first-order valence-corrected chi connectivity index (χ1v) is 9.64. The normalized spacial score (nSPS) is 10.7. The smallest absolute Gasteiger partial charge is 0.146 e. The summed E-state index contributed by atoms with van der Waals surface area (Å²) >= 11 is 5.67. The summed E-state index contributed by atoms with van der Waals surface area (Å²) in [5.74, 6) is 4.72. The molecule has 0 unspecified atom stereocenters. The van der Waals surface area contributed by atoms with E-state index in [1.807, 2.05) is 18.2 Å². The molecule has 0 atom stereocenters. The fraction of sp³-hybridized carbons (Fsp3) is 0.250. The molecule has 138 valence electrons. The van der Waals surface area contributed by atoms with Gasteiger partial charge in [0, 0.05) is 10.9 Å². The molecule has 3 aromatic carbocycles. The van der Waals surface area contributed by atoms with Crippen LogP contribution in [0.1, 0.15) is 49.3 Å². The van der Waals surface area contributed by atoms with E-state index in [4.69, 9.17) is 11.6 Å². The van der Waals surface area contributed by atoms with Crippen LogP contribution in [0.2, 0.25) is 5.02 Å². The zero-order valence-corrected chi connectivity index (χ0v) is 16.0. The summed E-state index contributed by atoms with van der Waals surface area (Å²) in [6, 6.07) is 13.7. The highest BCUT2D eigenvalue weighted by Crippen LogP contribution is 2.23. The predicted octanol–water partition coefficient (Wildman–Crippen LogP) is 7.29. The minimum atomic E-state index is -0.533. The van der Waals surface area contributed by atoms with Crippen molar-refractivity contribution in [2.45, 2.75) is 39.0 Å². The van der Waals surface area contributed by atoms with Gasteiger partial charge in [-0.05, 0) is 48.1 Å². The van der Waals surface area contributed by atoms with Gasteiger partial charge in [-0.2, -0.15) is 0 Å². The van der Waals surface area contributed by atoms with Crippen LogP contribution in [0.3, 0.4) is 0 Å². The quantitative estimate of drug-likeness (QED) is 0.321.